The van der Waals surface area contributed by atoms with E-state index in [1.54, 1.807) is 17.9 Å². The highest BCUT2D eigenvalue weighted by molar-refractivity contribution is 6.01. The molecule has 2 atom stereocenters. The molecule has 118 valence electrons. The van der Waals surface area contributed by atoms with Gasteiger partial charge in [-0.15, -0.1) is 0 Å². The number of nitrogens with two attached hydrogens (primary N) is 1. The minimum absolute atomic E-state index is 0.0310. The van der Waals surface area contributed by atoms with Crippen molar-refractivity contribution in [1.29, 1.82) is 5.41 Å². The van der Waals surface area contributed by atoms with Gasteiger partial charge in [0.05, 0.1) is 12.0 Å². The summed E-state index contributed by atoms with van der Waals surface area (Å²) in [6.07, 6.45) is 1.86. The van der Waals surface area contributed by atoms with Gasteiger partial charge in [-0.2, -0.15) is 0 Å². The van der Waals surface area contributed by atoms with Crippen LogP contribution in [-0.2, 0) is 4.79 Å². The summed E-state index contributed by atoms with van der Waals surface area (Å²) in [5.41, 5.74) is 6.77. The maximum atomic E-state index is 12.6. The second-order valence-electron chi connectivity index (χ2n) is 5.58. The topological polar surface area (TPSA) is 99.3 Å². The maximum absolute atomic E-state index is 12.6. The summed E-state index contributed by atoms with van der Waals surface area (Å²) in [6, 6.07) is 7.08. The van der Waals surface area contributed by atoms with Gasteiger partial charge in [-0.25, -0.2) is 0 Å². The molecule has 4 N–H and O–H groups in total. The number of carbonyl (C=O) groups is 2. The number of hydrogen-bond acceptors (Lipinski definition) is 3. The van der Waals surface area contributed by atoms with E-state index in [9.17, 15) is 9.59 Å². The largest absolute Gasteiger partial charge is 0.370 e. The Balaban J connectivity index is 2.33. The Kier molecular flexibility index (Phi) is 4.80. The van der Waals surface area contributed by atoms with Crippen LogP contribution in [0, 0.1) is 11.3 Å². The van der Waals surface area contributed by atoms with Crippen LogP contribution in [0.25, 0.3) is 0 Å². The molecule has 0 aliphatic carbocycles. The molecule has 1 aliphatic heterocycles. The van der Waals surface area contributed by atoms with E-state index in [1.807, 2.05) is 18.2 Å². The summed E-state index contributed by atoms with van der Waals surface area (Å²) < 4.78 is 0. The molecule has 22 heavy (non-hydrogen) atoms. The van der Waals surface area contributed by atoms with Gasteiger partial charge in [0.2, 0.25) is 5.91 Å². The summed E-state index contributed by atoms with van der Waals surface area (Å²) >= 11 is 0. The number of carbonyl (C=O) groups excluding carboxylic acids is 2. The van der Waals surface area contributed by atoms with Gasteiger partial charge >= 0.3 is 0 Å². The van der Waals surface area contributed by atoms with E-state index < -0.39 is 5.92 Å². The Morgan fingerprint density at radius 3 is 2.77 bits per heavy atom. The molecule has 6 nitrogen and oxygen atoms in total. The van der Waals surface area contributed by atoms with Gasteiger partial charge in [-0.3, -0.25) is 20.3 Å². The zero-order chi connectivity index (χ0) is 16.3. The smallest absolute Gasteiger partial charge is 0.254 e. The number of guanidine groups is 1. The van der Waals surface area contributed by atoms with Crippen molar-refractivity contribution in [2.24, 2.45) is 11.7 Å². The zero-order valence-corrected chi connectivity index (χ0v) is 12.9. The number of nitrogens with one attached hydrogen (secondary N) is 2. The highest BCUT2D eigenvalue weighted by Crippen LogP contribution is 2.38. The predicted molar refractivity (Wildman–Crippen MR) is 84.3 cm³/mol. The molecule has 1 aromatic carbocycles. The summed E-state index contributed by atoms with van der Waals surface area (Å²) in [5, 5.41) is 9.53. The van der Waals surface area contributed by atoms with Crippen molar-refractivity contribution >= 4 is 17.8 Å². The van der Waals surface area contributed by atoms with E-state index in [4.69, 9.17) is 11.1 Å². The van der Waals surface area contributed by atoms with Crippen LogP contribution in [0.2, 0.25) is 0 Å². The van der Waals surface area contributed by atoms with E-state index >= 15 is 0 Å². The van der Waals surface area contributed by atoms with Crippen LogP contribution in [0.4, 0.5) is 0 Å². The quantitative estimate of drug-likeness (QED) is 0.569. The van der Waals surface area contributed by atoms with E-state index in [1.165, 1.54) is 0 Å². The van der Waals surface area contributed by atoms with Crippen molar-refractivity contribution in [2.75, 3.05) is 6.54 Å². The van der Waals surface area contributed by atoms with Gasteiger partial charge in [-0.05, 0) is 18.1 Å². The van der Waals surface area contributed by atoms with Gasteiger partial charge in [-0.1, -0.05) is 38.5 Å². The van der Waals surface area contributed by atoms with Crippen molar-refractivity contribution in [3.05, 3.63) is 35.4 Å². The Labute approximate surface area is 130 Å². The Hall–Kier alpha value is -2.37. The van der Waals surface area contributed by atoms with Crippen molar-refractivity contribution < 1.29 is 9.59 Å². The maximum Gasteiger partial charge on any atom is 0.254 e. The molecule has 2 amide bonds. The lowest BCUT2D eigenvalue weighted by Crippen LogP contribution is -2.43. The minimum Gasteiger partial charge on any atom is -0.370 e. The third-order valence-corrected chi connectivity index (χ3v) is 4.00. The standard InChI is InChI=1S/C16H22N4O2/c1-3-4-9-20-13(10(2)14(21)19-16(17)18)11-7-5-6-8-12(11)15(20)22/h5-8,10,13H,3-4,9H2,1-2H3,(H4,17,18,19,21). The lowest BCUT2D eigenvalue weighted by Gasteiger charge is -2.29. The average molecular weight is 302 g/mol. The first-order valence-electron chi connectivity index (χ1n) is 7.52. The van der Waals surface area contributed by atoms with Crippen molar-refractivity contribution in [3.63, 3.8) is 0 Å². The molecule has 0 aromatic heterocycles. The summed E-state index contributed by atoms with van der Waals surface area (Å²) in [7, 11) is 0. The van der Waals surface area contributed by atoms with Crippen molar-refractivity contribution in [3.8, 4) is 0 Å². The number of unbranched alkanes of at least 4 members (excludes halogenated alkanes) is 1. The summed E-state index contributed by atoms with van der Waals surface area (Å²) in [6.45, 7) is 4.44. The molecule has 0 saturated carbocycles. The fraction of sp³-hybridized carbons (Fsp3) is 0.438. The normalized spacial score (nSPS) is 18.0. The van der Waals surface area contributed by atoms with Crippen LogP contribution in [-0.4, -0.2) is 29.2 Å². The van der Waals surface area contributed by atoms with Gasteiger partial charge in [0.15, 0.2) is 5.96 Å². The molecule has 1 heterocycles. The van der Waals surface area contributed by atoms with E-state index in [2.05, 4.69) is 12.2 Å². The molecule has 0 saturated heterocycles. The molecule has 0 bridgehead atoms. The molecule has 2 unspecified atom stereocenters. The van der Waals surface area contributed by atoms with E-state index in [-0.39, 0.29) is 23.8 Å². The van der Waals surface area contributed by atoms with Crippen molar-refractivity contribution in [2.45, 2.75) is 32.7 Å². The first-order valence-corrected chi connectivity index (χ1v) is 7.52. The number of fused-ring (bicyclic) bond motifs is 1. The molecule has 0 spiro atoms. The molecule has 1 aliphatic rings. The lowest BCUT2D eigenvalue weighted by molar-refractivity contribution is -0.124. The molecule has 0 radical (unpaired) electrons. The average Bonchev–Trinajstić information content (AvgIpc) is 2.76. The predicted octanol–water partition coefficient (Wildman–Crippen LogP) is 1.63. The Bertz CT molecular complexity index is 600. The Morgan fingerprint density at radius 2 is 2.14 bits per heavy atom. The number of nitrogens with zero attached hydrogens (tertiary/aromatic N) is 1. The summed E-state index contributed by atoms with van der Waals surface area (Å²) in [5.74, 6) is -1.23. The lowest BCUT2D eigenvalue weighted by atomic mass is 9.93. The molecule has 1 aromatic rings. The first-order chi connectivity index (χ1) is 10.5. The van der Waals surface area contributed by atoms with Crippen LogP contribution in [0.1, 0.15) is 48.7 Å². The van der Waals surface area contributed by atoms with Gasteiger partial charge in [0.25, 0.3) is 5.91 Å². The molecule has 0 fully saturated rings. The van der Waals surface area contributed by atoms with Crippen LogP contribution >= 0.6 is 0 Å². The van der Waals surface area contributed by atoms with Crippen molar-refractivity contribution in [1.82, 2.24) is 10.2 Å². The first kappa shape index (κ1) is 16.0. The van der Waals surface area contributed by atoms with E-state index in [0.29, 0.717) is 12.1 Å². The molecule has 6 heteroatoms. The third-order valence-electron chi connectivity index (χ3n) is 4.00. The number of rotatable bonds is 5. The van der Waals surface area contributed by atoms with Gasteiger partial charge in [0, 0.05) is 12.1 Å². The second kappa shape index (κ2) is 6.60. The number of hydrogen-bond donors (Lipinski definition) is 3. The number of benzene rings is 1. The third kappa shape index (κ3) is 2.95. The van der Waals surface area contributed by atoms with E-state index in [0.717, 1.165) is 18.4 Å². The number of amides is 2. The fourth-order valence-corrected chi connectivity index (χ4v) is 2.90. The monoisotopic (exact) mass is 302 g/mol. The summed E-state index contributed by atoms with van der Waals surface area (Å²) in [4.78, 5) is 26.6. The second-order valence-corrected chi connectivity index (χ2v) is 5.58. The van der Waals surface area contributed by atoms with Crippen LogP contribution in [0.15, 0.2) is 24.3 Å². The molecular formula is C16H22N4O2. The van der Waals surface area contributed by atoms with Crippen LogP contribution in [0.3, 0.4) is 0 Å². The molecule has 2 rings (SSSR count). The minimum atomic E-state index is -0.478. The zero-order valence-electron chi connectivity index (χ0n) is 12.9. The van der Waals surface area contributed by atoms with Gasteiger partial charge in [0.1, 0.15) is 0 Å². The highest BCUT2D eigenvalue weighted by Gasteiger charge is 2.41. The van der Waals surface area contributed by atoms with Gasteiger partial charge < -0.3 is 10.6 Å². The molecular weight excluding hydrogens is 280 g/mol. The Morgan fingerprint density at radius 1 is 1.45 bits per heavy atom. The fourth-order valence-electron chi connectivity index (χ4n) is 2.90. The SMILES string of the molecule is CCCCN1C(=O)c2ccccc2C1C(C)C(=O)NC(=N)N. The highest BCUT2D eigenvalue weighted by atomic mass is 16.2. The van der Waals surface area contributed by atoms with Crippen LogP contribution in [0.5, 0.6) is 0 Å². The van der Waals surface area contributed by atoms with Crippen LogP contribution < -0.4 is 11.1 Å².